The molecule has 2 heterocycles. The number of benzene rings is 3. The number of nitriles is 1. The molecule has 10 nitrogen and oxygen atoms in total. The topological polar surface area (TPSA) is 152 Å². The van der Waals surface area contributed by atoms with E-state index in [1.807, 2.05) is 11.8 Å². The number of halogens is 2. The Hall–Kier alpha value is -4.64. The van der Waals surface area contributed by atoms with E-state index in [2.05, 4.69) is 0 Å². The molecule has 1 aromatic heterocycles. The smallest absolute Gasteiger partial charge is 0.294 e. The lowest BCUT2D eigenvalue weighted by Crippen LogP contribution is -2.42. The Morgan fingerprint density at radius 3 is 2.18 bits per heavy atom. The SMILES string of the molecule is COc1ccc(-c2c(-c3ccc(C#N)c(F)c3)nc(N3CCC(N)CC3)n(C)c2=O)cc1F.Cc1ccc(S(=O)(=O)O)cc1. The largest absolute Gasteiger partial charge is 0.494 e. The molecular formula is C31H31F2N5O5S. The minimum absolute atomic E-state index is 0.0378. The molecule has 44 heavy (non-hydrogen) atoms. The number of nitrogens with two attached hydrogens (primary N) is 1. The van der Waals surface area contributed by atoms with E-state index >= 15 is 0 Å². The molecule has 0 radical (unpaired) electrons. The van der Waals surface area contributed by atoms with Gasteiger partial charge in [0.2, 0.25) is 5.95 Å². The van der Waals surface area contributed by atoms with Gasteiger partial charge < -0.3 is 15.4 Å². The zero-order chi connectivity index (χ0) is 32.2. The van der Waals surface area contributed by atoms with E-state index in [9.17, 15) is 22.0 Å². The Morgan fingerprint density at radius 1 is 1.02 bits per heavy atom. The molecule has 0 spiro atoms. The van der Waals surface area contributed by atoms with Crippen molar-refractivity contribution in [3.8, 4) is 34.2 Å². The minimum Gasteiger partial charge on any atom is -0.494 e. The molecule has 1 fully saturated rings. The van der Waals surface area contributed by atoms with Crippen molar-refractivity contribution in [3.05, 3.63) is 93.8 Å². The van der Waals surface area contributed by atoms with Crippen LogP contribution in [0.1, 0.15) is 24.0 Å². The van der Waals surface area contributed by atoms with Crippen molar-refractivity contribution in [1.29, 1.82) is 5.26 Å². The van der Waals surface area contributed by atoms with Gasteiger partial charge in [-0.1, -0.05) is 29.8 Å². The first-order valence-corrected chi connectivity index (χ1v) is 15.0. The average molecular weight is 624 g/mol. The van der Waals surface area contributed by atoms with Crippen molar-refractivity contribution in [2.75, 3.05) is 25.1 Å². The van der Waals surface area contributed by atoms with Crippen LogP contribution in [0.4, 0.5) is 14.7 Å². The predicted molar refractivity (Wildman–Crippen MR) is 162 cm³/mol. The standard InChI is InChI=1S/C24H23F2N5O2.C7H8O3S/c1-30-23(32)21(14-5-6-20(33-2)19(26)11-14)22(15-3-4-16(13-27)18(25)12-15)29-24(30)31-9-7-17(28)8-10-31;1-6-2-4-7(5-3-6)11(8,9)10/h3-6,11-12,17H,7-10,28H2,1-2H3;2-5H,1H3,(H,8,9,10). The second-order valence-corrected chi connectivity index (χ2v) is 11.7. The Kier molecular flexibility index (Phi) is 9.78. The van der Waals surface area contributed by atoms with Crippen LogP contribution in [0.5, 0.6) is 5.75 Å². The zero-order valence-electron chi connectivity index (χ0n) is 24.3. The number of hydrogen-bond acceptors (Lipinski definition) is 8. The molecule has 0 amide bonds. The summed E-state index contributed by atoms with van der Waals surface area (Å²) in [5.74, 6) is -0.905. The van der Waals surface area contributed by atoms with Gasteiger partial charge in [0.15, 0.2) is 11.6 Å². The Bertz CT molecular complexity index is 1880. The Balaban J connectivity index is 0.000000339. The molecule has 1 saturated heterocycles. The number of aromatic nitrogens is 2. The summed E-state index contributed by atoms with van der Waals surface area (Å²) >= 11 is 0. The molecule has 1 aliphatic rings. The highest BCUT2D eigenvalue weighted by atomic mass is 32.2. The van der Waals surface area contributed by atoms with Crippen LogP contribution in [0.15, 0.2) is 70.4 Å². The van der Waals surface area contributed by atoms with Crippen LogP contribution in [-0.2, 0) is 17.2 Å². The highest BCUT2D eigenvalue weighted by Gasteiger charge is 2.25. The fourth-order valence-corrected chi connectivity index (χ4v) is 5.21. The highest BCUT2D eigenvalue weighted by molar-refractivity contribution is 7.85. The first-order valence-electron chi connectivity index (χ1n) is 13.5. The van der Waals surface area contributed by atoms with Gasteiger partial charge >= 0.3 is 0 Å². The molecule has 4 aromatic rings. The van der Waals surface area contributed by atoms with Crippen molar-refractivity contribution >= 4 is 16.1 Å². The fraction of sp³-hybridized carbons (Fsp3) is 0.258. The molecule has 0 atom stereocenters. The van der Waals surface area contributed by atoms with Crippen molar-refractivity contribution in [1.82, 2.24) is 9.55 Å². The maximum absolute atomic E-state index is 14.5. The molecular weight excluding hydrogens is 592 g/mol. The Morgan fingerprint density at radius 2 is 1.64 bits per heavy atom. The number of ether oxygens (including phenoxy) is 1. The minimum atomic E-state index is -4.02. The maximum Gasteiger partial charge on any atom is 0.294 e. The zero-order valence-corrected chi connectivity index (χ0v) is 25.1. The summed E-state index contributed by atoms with van der Waals surface area (Å²) in [6.45, 7) is 3.09. The van der Waals surface area contributed by atoms with Crippen LogP contribution in [0.25, 0.3) is 22.4 Å². The van der Waals surface area contributed by atoms with Crippen LogP contribution < -0.4 is 20.9 Å². The lowest BCUT2D eigenvalue weighted by atomic mass is 9.99. The monoisotopic (exact) mass is 623 g/mol. The molecule has 1 aliphatic heterocycles. The van der Waals surface area contributed by atoms with Gasteiger partial charge in [-0.3, -0.25) is 13.9 Å². The number of methoxy groups -OCH3 is 1. The summed E-state index contributed by atoms with van der Waals surface area (Å²) in [7, 11) is -1.07. The summed E-state index contributed by atoms with van der Waals surface area (Å²) < 4.78 is 64.9. The molecule has 3 aromatic carbocycles. The average Bonchev–Trinajstić information content (AvgIpc) is 2.99. The highest BCUT2D eigenvalue weighted by Crippen LogP contribution is 2.33. The van der Waals surface area contributed by atoms with Crippen LogP contribution in [0.3, 0.4) is 0 Å². The number of piperidine rings is 1. The van der Waals surface area contributed by atoms with Crippen LogP contribution in [0, 0.1) is 29.9 Å². The molecule has 0 bridgehead atoms. The van der Waals surface area contributed by atoms with Gasteiger partial charge in [0.1, 0.15) is 11.9 Å². The first kappa shape index (κ1) is 32.3. The van der Waals surface area contributed by atoms with Crippen LogP contribution in [0.2, 0.25) is 0 Å². The molecule has 3 N–H and O–H groups in total. The Labute approximate surface area is 253 Å². The third-order valence-electron chi connectivity index (χ3n) is 7.21. The molecule has 0 unspecified atom stereocenters. The van der Waals surface area contributed by atoms with Gasteiger partial charge in [-0.25, -0.2) is 13.8 Å². The third kappa shape index (κ3) is 7.11. The predicted octanol–water partition coefficient (Wildman–Crippen LogP) is 4.44. The number of rotatable bonds is 5. The third-order valence-corrected chi connectivity index (χ3v) is 8.08. The number of aryl methyl sites for hydroxylation is 1. The lowest BCUT2D eigenvalue weighted by molar-refractivity contribution is 0.386. The summed E-state index contributed by atoms with van der Waals surface area (Å²) in [5.41, 5.74) is 7.37. The van der Waals surface area contributed by atoms with E-state index in [1.165, 1.54) is 54.1 Å². The molecule has 0 saturated carbocycles. The van der Waals surface area contributed by atoms with Gasteiger partial charge in [-0.2, -0.15) is 13.7 Å². The molecule has 230 valence electrons. The fourth-order valence-electron chi connectivity index (χ4n) is 4.73. The van der Waals surface area contributed by atoms with Gasteiger partial charge in [-0.05, 0) is 61.7 Å². The van der Waals surface area contributed by atoms with Crippen molar-refractivity contribution < 1.29 is 26.5 Å². The van der Waals surface area contributed by atoms with Gasteiger partial charge in [0, 0.05) is 31.7 Å². The van der Waals surface area contributed by atoms with Crippen LogP contribution >= 0.6 is 0 Å². The van der Waals surface area contributed by atoms with Crippen molar-refractivity contribution in [3.63, 3.8) is 0 Å². The second-order valence-electron chi connectivity index (χ2n) is 10.3. The van der Waals surface area contributed by atoms with E-state index in [-0.39, 0.29) is 39.1 Å². The number of hydrogen-bond donors (Lipinski definition) is 2. The quantitative estimate of drug-likeness (QED) is 0.307. The number of nitrogens with zero attached hydrogens (tertiary/aromatic N) is 4. The first-order chi connectivity index (χ1) is 20.8. The van der Waals surface area contributed by atoms with E-state index in [0.717, 1.165) is 18.4 Å². The van der Waals surface area contributed by atoms with Crippen molar-refractivity contribution in [2.45, 2.75) is 30.7 Å². The lowest BCUT2D eigenvalue weighted by Gasteiger charge is -2.32. The van der Waals surface area contributed by atoms with Gasteiger partial charge in [0.25, 0.3) is 15.7 Å². The number of anilines is 1. The van der Waals surface area contributed by atoms with Crippen LogP contribution in [-0.4, -0.2) is 48.8 Å². The van der Waals surface area contributed by atoms with E-state index in [4.69, 9.17) is 25.3 Å². The molecule has 0 aliphatic carbocycles. The summed E-state index contributed by atoms with van der Waals surface area (Å²) in [4.78, 5) is 20.2. The van der Waals surface area contributed by atoms with Gasteiger partial charge in [0.05, 0.1) is 28.8 Å². The van der Waals surface area contributed by atoms with Crippen molar-refractivity contribution in [2.24, 2.45) is 12.8 Å². The second kappa shape index (κ2) is 13.3. The summed E-state index contributed by atoms with van der Waals surface area (Å²) in [6, 6.07) is 16.1. The van der Waals surface area contributed by atoms with E-state index in [1.54, 1.807) is 31.3 Å². The summed E-state index contributed by atoms with van der Waals surface area (Å²) in [5, 5.41) is 9.08. The molecule has 5 rings (SSSR count). The maximum atomic E-state index is 14.5. The normalized spacial score (nSPS) is 13.5. The molecule has 13 heteroatoms. The van der Waals surface area contributed by atoms with E-state index < -0.39 is 27.3 Å². The van der Waals surface area contributed by atoms with E-state index in [0.29, 0.717) is 24.6 Å². The van der Waals surface area contributed by atoms with Gasteiger partial charge in [-0.15, -0.1) is 0 Å². The summed E-state index contributed by atoms with van der Waals surface area (Å²) in [6.07, 6.45) is 1.50.